The molecule has 1 unspecified atom stereocenters. The lowest BCUT2D eigenvalue weighted by Crippen LogP contribution is -2.55. The maximum atomic E-state index is 13.9. The van der Waals surface area contributed by atoms with Gasteiger partial charge in [-0.1, -0.05) is 30.3 Å². The fraction of sp³-hybridized carbons (Fsp3) is 0.350. The van der Waals surface area contributed by atoms with E-state index in [1.807, 2.05) is 42.7 Å². The third-order valence-corrected chi connectivity index (χ3v) is 4.77. The van der Waals surface area contributed by atoms with Crippen LogP contribution in [0.15, 0.2) is 42.5 Å². The molecule has 0 aromatic heterocycles. The molecule has 0 spiro atoms. The summed E-state index contributed by atoms with van der Waals surface area (Å²) in [6, 6.07) is 12.7. The van der Waals surface area contributed by atoms with Crippen molar-refractivity contribution < 1.29 is 9.18 Å². The van der Waals surface area contributed by atoms with Crippen LogP contribution in [0.1, 0.15) is 23.6 Å². The largest absolute Gasteiger partial charge is 0.310 e. The molecule has 2 aromatic carbocycles. The number of amides is 1. The number of carbonyl (C=O) groups is 1. The monoisotopic (exact) mass is 326 g/mol. The van der Waals surface area contributed by atoms with E-state index in [2.05, 4.69) is 12.1 Å². The molecule has 24 heavy (non-hydrogen) atoms. The van der Waals surface area contributed by atoms with E-state index < -0.39 is 0 Å². The Morgan fingerprint density at radius 3 is 2.62 bits per heavy atom. The number of rotatable bonds is 3. The van der Waals surface area contributed by atoms with E-state index in [0.29, 0.717) is 18.7 Å². The molecule has 3 rings (SSSR count). The van der Waals surface area contributed by atoms with Crippen molar-refractivity contribution in [3.05, 3.63) is 65.0 Å². The topological polar surface area (TPSA) is 23.6 Å². The zero-order valence-corrected chi connectivity index (χ0v) is 14.4. The Balaban J connectivity index is 1.79. The molecule has 1 fully saturated rings. The van der Waals surface area contributed by atoms with Crippen LogP contribution in [0, 0.1) is 19.7 Å². The van der Waals surface area contributed by atoms with E-state index in [9.17, 15) is 9.18 Å². The zero-order valence-electron chi connectivity index (χ0n) is 14.4. The van der Waals surface area contributed by atoms with Crippen LogP contribution < -0.4 is 4.90 Å². The Morgan fingerprint density at radius 1 is 1.12 bits per heavy atom. The quantitative estimate of drug-likeness (QED) is 0.859. The lowest BCUT2D eigenvalue weighted by molar-refractivity contribution is -0.125. The molecule has 0 saturated carbocycles. The minimum absolute atomic E-state index is 0.0753. The average Bonchev–Trinajstić information content (AvgIpc) is 2.56. The van der Waals surface area contributed by atoms with Crippen molar-refractivity contribution in [2.24, 2.45) is 0 Å². The van der Waals surface area contributed by atoms with Crippen LogP contribution in [0.3, 0.4) is 0 Å². The van der Waals surface area contributed by atoms with Gasteiger partial charge in [0.05, 0.1) is 6.04 Å². The highest BCUT2D eigenvalue weighted by molar-refractivity contribution is 5.98. The fourth-order valence-electron chi connectivity index (χ4n) is 3.22. The van der Waals surface area contributed by atoms with E-state index in [1.165, 1.54) is 6.07 Å². The fourth-order valence-corrected chi connectivity index (χ4v) is 3.22. The van der Waals surface area contributed by atoms with E-state index >= 15 is 0 Å². The SMILES string of the molecule is Cc1ccc(C)c(N2CCN(Cc3ccccc3F)C(C)C2=O)c1. The van der Waals surface area contributed by atoms with Gasteiger partial charge in [0.15, 0.2) is 0 Å². The molecule has 0 radical (unpaired) electrons. The van der Waals surface area contributed by atoms with Gasteiger partial charge in [-0.2, -0.15) is 0 Å². The van der Waals surface area contributed by atoms with E-state index in [1.54, 1.807) is 12.1 Å². The van der Waals surface area contributed by atoms with Crippen LogP contribution in [-0.4, -0.2) is 29.9 Å². The number of piperazine rings is 1. The van der Waals surface area contributed by atoms with Crippen LogP contribution in [0.2, 0.25) is 0 Å². The number of halogens is 1. The van der Waals surface area contributed by atoms with Crippen molar-refractivity contribution in [1.82, 2.24) is 4.90 Å². The second kappa shape index (κ2) is 6.73. The van der Waals surface area contributed by atoms with E-state index in [-0.39, 0.29) is 17.8 Å². The van der Waals surface area contributed by atoms with Gasteiger partial charge >= 0.3 is 0 Å². The summed E-state index contributed by atoms with van der Waals surface area (Å²) < 4.78 is 13.9. The number of carbonyl (C=O) groups excluding carboxylic acids is 1. The lowest BCUT2D eigenvalue weighted by Gasteiger charge is -2.39. The smallest absolute Gasteiger partial charge is 0.244 e. The Bertz CT molecular complexity index is 759. The molecule has 0 N–H and O–H groups in total. The first-order valence-corrected chi connectivity index (χ1v) is 8.33. The molecule has 0 bridgehead atoms. The molecule has 126 valence electrons. The second-order valence-electron chi connectivity index (χ2n) is 6.52. The van der Waals surface area contributed by atoms with Gasteiger partial charge in [-0.15, -0.1) is 0 Å². The first-order chi connectivity index (χ1) is 11.5. The third-order valence-electron chi connectivity index (χ3n) is 4.77. The van der Waals surface area contributed by atoms with Crippen molar-refractivity contribution in [2.45, 2.75) is 33.4 Å². The molecule has 4 heteroatoms. The van der Waals surface area contributed by atoms with Crippen LogP contribution in [0.5, 0.6) is 0 Å². The van der Waals surface area contributed by atoms with Crippen molar-refractivity contribution in [3.63, 3.8) is 0 Å². The third kappa shape index (κ3) is 3.20. The highest BCUT2D eigenvalue weighted by Crippen LogP contribution is 2.26. The number of nitrogens with zero attached hydrogens (tertiary/aromatic N) is 2. The first kappa shape index (κ1) is 16.7. The Kier molecular flexibility index (Phi) is 4.67. The van der Waals surface area contributed by atoms with Crippen LogP contribution in [0.4, 0.5) is 10.1 Å². The van der Waals surface area contributed by atoms with Gasteiger partial charge in [-0.05, 0) is 44.0 Å². The molecule has 1 amide bonds. The van der Waals surface area contributed by atoms with E-state index in [4.69, 9.17) is 0 Å². The minimum atomic E-state index is -0.265. The maximum absolute atomic E-state index is 13.9. The Morgan fingerprint density at radius 2 is 1.88 bits per heavy atom. The molecule has 2 aromatic rings. The molecule has 1 saturated heterocycles. The predicted molar refractivity (Wildman–Crippen MR) is 94.5 cm³/mol. The first-order valence-electron chi connectivity index (χ1n) is 8.33. The van der Waals surface area contributed by atoms with Crippen molar-refractivity contribution in [3.8, 4) is 0 Å². The van der Waals surface area contributed by atoms with Gasteiger partial charge in [0.2, 0.25) is 5.91 Å². The Labute approximate surface area is 142 Å². The van der Waals surface area contributed by atoms with Crippen molar-refractivity contribution in [1.29, 1.82) is 0 Å². The van der Waals surface area contributed by atoms with Crippen molar-refractivity contribution >= 4 is 11.6 Å². The highest BCUT2D eigenvalue weighted by Gasteiger charge is 2.33. The zero-order chi connectivity index (χ0) is 17.3. The maximum Gasteiger partial charge on any atom is 0.244 e. The van der Waals surface area contributed by atoms with Crippen LogP contribution in [0.25, 0.3) is 0 Å². The number of anilines is 1. The summed E-state index contributed by atoms with van der Waals surface area (Å²) in [4.78, 5) is 16.8. The van der Waals surface area contributed by atoms with Gasteiger partial charge in [-0.3, -0.25) is 9.69 Å². The molecule has 1 atom stereocenters. The summed E-state index contributed by atoms with van der Waals surface area (Å²) in [6.45, 7) is 7.78. The summed E-state index contributed by atoms with van der Waals surface area (Å²) in [7, 11) is 0. The summed E-state index contributed by atoms with van der Waals surface area (Å²) in [5.41, 5.74) is 3.86. The summed E-state index contributed by atoms with van der Waals surface area (Å²) >= 11 is 0. The van der Waals surface area contributed by atoms with Gasteiger partial charge < -0.3 is 4.90 Å². The van der Waals surface area contributed by atoms with Gasteiger partial charge in [0, 0.05) is 30.9 Å². The normalized spacial score (nSPS) is 18.9. The number of hydrogen-bond donors (Lipinski definition) is 0. The molecule has 1 aliphatic heterocycles. The number of hydrogen-bond acceptors (Lipinski definition) is 2. The molecule has 3 nitrogen and oxygen atoms in total. The molecular formula is C20H23FN2O. The van der Waals surface area contributed by atoms with E-state index in [0.717, 1.165) is 23.4 Å². The summed E-state index contributed by atoms with van der Waals surface area (Å²) in [5, 5.41) is 0. The summed E-state index contributed by atoms with van der Waals surface area (Å²) in [6.07, 6.45) is 0. The van der Waals surface area contributed by atoms with Crippen LogP contribution >= 0.6 is 0 Å². The Hall–Kier alpha value is -2.20. The van der Waals surface area contributed by atoms with Crippen molar-refractivity contribution in [2.75, 3.05) is 18.0 Å². The minimum Gasteiger partial charge on any atom is -0.310 e. The van der Waals surface area contributed by atoms with Crippen LogP contribution in [-0.2, 0) is 11.3 Å². The second-order valence-corrected chi connectivity index (χ2v) is 6.52. The van der Waals surface area contributed by atoms with Gasteiger partial charge in [0.1, 0.15) is 5.82 Å². The highest BCUT2D eigenvalue weighted by atomic mass is 19.1. The number of aryl methyl sites for hydroxylation is 2. The van der Waals surface area contributed by atoms with Gasteiger partial charge in [0.25, 0.3) is 0 Å². The predicted octanol–water partition coefficient (Wildman–Crippen LogP) is 3.68. The molecule has 1 heterocycles. The molecule has 1 aliphatic rings. The summed E-state index contributed by atoms with van der Waals surface area (Å²) in [5.74, 6) is -0.139. The van der Waals surface area contributed by atoms with Gasteiger partial charge in [-0.25, -0.2) is 4.39 Å². The molecule has 0 aliphatic carbocycles. The standard InChI is InChI=1S/C20H23FN2O/c1-14-8-9-15(2)19(12-14)23-11-10-22(16(3)20(23)24)13-17-6-4-5-7-18(17)21/h4-9,12,16H,10-11,13H2,1-3H3. The number of benzene rings is 2. The molecular weight excluding hydrogens is 303 g/mol. The average molecular weight is 326 g/mol. The lowest BCUT2D eigenvalue weighted by atomic mass is 10.1.